The summed E-state index contributed by atoms with van der Waals surface area (Å²) in [5, 5.41) is 11.2. The van der Waals surface area contributed by atoms with Gasteiger partial charge in [0, 0.05) is 16.3 Å². The number of hydrogen-bond donors (Lipinski definition) is 2. The Morgan fingerprint density at radius 2 is 1.15 bits per heavy atom. The molecule has 47 heavy (non-hydrogen) atoms. The van der Waals surface area contributed by atoms with Gasteiger partial charge in [-0.25, -0.2) is 0 Å². The Bertz CT molecular complexity index is 2610. The fourth-order valence-corrected chi connectivity index (χ4v) is 8.57. The first-order valence-corrected chi connectivity index (χ1v) is 16.1. The third-order valence-electron chi connectivity index (χ3n) is 10.4. The molecule has 3 nitrogen and oxygen atoms in total. The molecular weight excluding hydrogens is 571 g/mol. The van der Waals surface area contributed by atoms with E-state index < -0.39 is 5.41 Å². The second-order valence-electron chi connectivity index (χ2n) is 12.7. The zero-order valence-corrected chi connectivity index (χ0v) is 25.5. The lowest BCUT2D eigenvalue weighted by Crippen LogP contribution is -2.33. The minimum atomic E-state index is -0.582. The van der Waals surface area contributed by atoms with Crippen molar-refractivity contribution in [1.29, 1.82) is 5.41 Å². The van der Waals surface area contributed by atoms with E-state index in [1.807, 2.05) is 6.07 Å². The predicted molar refractivity (Wildman–Crippen MR) is 194 cm³/mol. The number of amidine groups is 1. The van der Waals surface area contributed by atoms with Crippen LogP contribution in [0.15, 0.2) is 158 Å². The van der Waals surface area contributed by atoms with Gasteiger partial charge in [0.25, 0.3) is 0 Å². The van der Waals surface area contributed by atoms with E-state index in [4.69, 9.17) is 11.1 Å². The normalized spacial score (nSPS) is 15.5. The molecule has 7 aromatic carbocycles. The van der Waals surface area contributed by atoms with Gasteiger partial charge in [-0.1, -0.05) is 133 Å². The Kier molecular flexibility index (Phi) is 5.22. The van der Waals surface area contributed by atoms with Gasteiger partial charge in [-0.2, -0.15) is 0 Å². The van der Waals surface area contributed by atoms with Crippen LogP contribution in [0.4, 0.5) is 0 Å². The van der Waals surface area contributed by atoms with E-state index in [0.29, 0.717) is 0 Å². The van der Waals surface area contributed by atoms with E-state index in [0.717, 1.165) is 27.8 Å². The number of para-hydroxylation sites is 3. The number of hydrogen-bond acceptors (Lipinski definition) is 1. The third kappa shape index (κ3) is 3.33. The Morgan fingerprint density at radius 1 is 0.511 bits per heavy atom. The van der Waals surface area contributed by atoms with Crippen molar-refractivity contribution in [2.24, 2.45) is 5.73 Å². The van der Waals surface area contributed by atoms with Crippen molar-refractivity contribution in [2.45, 2.75) is 5.41 Å². The molecule has 1 aromatic heterocycles. The van der Waals surface area contributed by atoms with Crippen LogP contribution in [0.5, 0.6) is 0 Å². The van der Waals surface area contributed by atoms with Crippen molar-refractivity contribution < 1.29 is 0 Å². The number of rotatable bonds is 3. The molecule has 1 atom stereocenters. The third-order valence-corrected chi connectivity index (χ3v) is 10.4. The lowest BCUT2D eigenvalue weighted by Gasteiger charge is -2.39. The number of aromatic nitrogens is 1. The van der Waals surface area contributed by atoms with Crippen molar-refractivity contribution in [3.8, 4) is 39.1 Å². The molecule has 1 unspecified atom stereocenters. The molecule has 220 valence electrons. The number of nitrogens with one attached hydrogen (secondary N) is 1. The first-order chi connectivity index (χ1) is 23.2. The van der Waals surface area contributed by atoms with Gasteiger partial charge in [-0.3, -0.25) is 5.41 Å². The van der Waals surface area contributed by atoms with Crippen molar-refractivity contribution in [1.82, 2.24) is 4.57 Å². The van der Waals surface area contributed by atoms with Crippen molar-refractivity contribution in [3.63, 3.8) is 0 Å². The molecule has 3 heteroatoms. The van der Waals surface area contributed by atoms with Crippen molar-refractivity contribution in [3.05, 3.63) is 186 Å². The van der Waals surface area contributed by atoms with E-state index in [2.05, 4.69) is 156 Å². The Morgan fingerprint density at radius 3 is 2.02 bits per heavy atom. The van der Waals surface area contributed by atoms with E-state index in [1.165, 1.54) is 60.9 Å². The summed E-state index contributed by atoms with van der Waals surface area (Å²) in [6.45, 7) is 0. The average Bonchev–Trinajstić information content (AvgIpc) is 3.62. The van der Waals surface area contributed by atoms with Crippen LogP contribution < -0.4 is 5.73 Å². The fraction of sp³-hybridized carbons (Fsp3) is 0.0227. The summed E-state index contributed by atoms with van der Waals surface area (Å²) < 4.78 is 2.45. The number of benzene rings is 7. The summed E-state index contributed by atoms with van der Waals surface area (Å²) in [6, 6.07) is 56.9. The highest BCUT2D eigenvalue weighted by atomic mass is 15.0. The van der Waals surface area contributed by atoms with Crippen molar-refractivity contribution in [2.75, 3.05) is 0 Å². The molecule has 0 bridgehead atoms. The summed E-state index contributed by atoms with van der Waals surface area (Å²) in [5.74, 6) is 0.0812. The SMILES string of the molecule is N=C(N)c1cccc2c1-c1cc(-c3cccc(-c4ccccc4)c3)ccc1C21c2ccccc2-n2c3ccccc3c3cccc1c32. The van der Waals surface area contributed by atoms with Gasteiger partial charge >= 0.3 is 0 Å². The topological polar surface area (TPSA) is 54.8 Å². The van der Waals surface area contributed by atoms with Crippen LogP contribution in [0.3, 0.4) is 0 Å². The van der Waals surface area contributed by atoms with E-state index >= 15 is 0 Å². The first kappa shape index (κ1) is 26.1. The minimum absolute atomic E-state index is 0.0812. The van der Waals surface area contributed by atoms with Crippen molar-refractivity contribution >= 4 is 27.6 Å². The fourth-order valence-electron chi connectivity index (χ4n) is 8.57. The summed E-state index contributed by atoms with van der Waals surface area (Å²) >= 11 is 0. The van der Waals surface area contributed by atoms with E-state index in [9.17, 15) is 0 Å². The lowest BCUT2D eigenvalue weighted by molar-refractivity contribution is 0.748. The Balaban J connectivity index is 1.32. The van der Waals surface area contributed by atoms with Crippen LogP contribution in [0.1, 0.15) is 27.8 Å². The largest absolute Gasteiger partial charge is 0.384 e. The maximum atomic E-state index is 8.71. The second kappa shape index (κ2) is 9.41. The minimum Gasteiger partial charge on any atom is -0.384 e. The van der Waals surface area contributed by atoms with E-state index in [-0.39, 0.29) is 5.84 Å². The molecule has 3 N–H and O–H groups in total. The zero-order valence-electron chi connectivity index (χ0n) is 25.5. The molecule has 1 aliphatic heterocycles. The molecule has 8 aromatic rings. The molecule has 2 aliphatic rings. The number of nitrogen functional groups attached to an aromatic ring is 1. The quantitative estimate of drug-likeness (QED) is 0.154. The summed E-state index contributed by atoms with van der Waals surface area (Å²) in [7, 11) is 0. The monoisotopic (exact) mass is 599 g/mol. The standard InChI is InChI=1S/C44H29N3/c45-43(46)33-17-10-19-37-41(33)34-26-30(29-14-8-13-28(25-29)27-11-2-1-3-12-27)23-24-35(34)44(37)36-18-5-7-22-40(36)47-39-21-6-4-15-31(39)32-16-9-20-38(44)42(32)47/h1-26H,(H3,45,46). The first-order valence-electron chi connectivity index (χ1n) is 16.1. The molecule has 0 saturated heterocycles. The highest BCUT2D eigenvalue weighted by Gasteiger charge is 2.51. The van der Waals surface area contributed by atoms with Crippen LogP contribution in [0.2, 0.25) is 0 Å². The van der Waals surface area contributed by atoms with Gasteiger partial charge in [-0.05, 0) is 79.9 Å². The molecule has 0 amide bonds. The highest BCUT2D eigenvalue weighted by molar-refractivity contribution is 6.13. The summed E-state index contributed by atoms with van der Waals surface area (Å²) in [6.07, 6.45) is 0. The number of fused-ring (bicyclic) bond motifs is 12. The molecule has 2 heterocycles. The molecule has 0 radical (unpaired) electrons. The van der Waals surface area contributed by atoms with Gasteiger partial charge < -0.3 is 10.3 Å². The number of nitrogens with zero attached hydrogens (tertiary/aromatic N) is 1. The molecule has 0 saturated carbocycles. The van der Waals surface area contributed by atoms with Gasteiger partial charge in [0.1, 0.15) is 5.84 Å². The molecule has 10 rings (SSSR count). The van der Waals surface area contributed by atoms with Crippen LogP contribution in [0, 0.1) is 5.41 Å². The van der Waals surface area contributed by atoms with Crippen LogP contribution in [-0.4, -0.2) is 10.4 Å². The van der Waals surface area contributed by atoms with Crippen LogP contribution in [-0.2, 0) is 5.41 Å². The van der Waals surface area contributed by atoms with Gasteiger partial charge in [0.05, 0.1) is 22.1 Å². The second-order valence-corrected chi connectivity index (χ2v) is 12.7. The number of nitrogens with two attached hydrogens (primary N) is 1. The van der Waals surface area contributed by atoms with Crippen LogP contribution in [0.25, 0.3) is 60.9 Å². The van der Waals surface area contributed by atoms with Gasteiger partial charge in [0.15, 0.2) is 0 Å². The maximum absolute atomic E-state index is 8.71. The Hall–Kier alpha value is -6.19. The smallest absolute Gasteiger partial charge is 0.123 e. The van der Waals surface area contributed by atoms with E-state index in [1.54, 1.807) is 0 Å². The summed E-state index contributed by atoms with van der Waals surface area (Å²) in [4.78, 5) is 0. The Labute approximate surface area is 272 Å². The van der Waals surface area contributed by atoms with Crippen LogP contribution >= 0.6 is 0 Å². The molecule has 0 fully saturated rings. The van der Waals surface area contributed by atoms with Gasteiger partial charge in [-0.15, -0.1) is 0 Å². The van der Waals surface area contributed by atoms with Gasteiger partial charge in [0.2, 0.25) is 0 Å². The zero-order chi connectivity index (χ0) is 31.3. The lowest BCUT2D eigenvalue weighted by atomic mass is 9.65. The highest BCUT2D eigenvalue weighted by Crippen LogP contribution is 2.61. The predicted octanol–water partition coefficient (Wildman–Crippen LogP) is 10.1. The molecule has 1 spiro atoms. The average molecular weight is 600 g/mol. The molecule has 1 aliphatic carbocycles. The maximum Gasteiger partial charge on any atom is 0.123 e. The summed E-state index contributed by atoms with van der Waals surface area (Å²) in [5.41, 5.74) is 21.9. The molecular formula is C44H29N3.